The van der Waals surface area contributed by atoms with Crippen LogP contribution >= 0.6 is 0 Å². The first-order valence-corrected chi connectivity index (χ1v) is 7.47. The van der Waals surface area contributed by atoms with Crippen molar-refractivity contribution in [3.8, 4) is 11.5 Å². The van der Waals surface area contributed by atoms with Gasteiger partial charge in [0.25, 0.3) is 5.91 Å². The minimum atomic E-state index is -0.378. The van der Waals surface area contributed by atoms with Crippen LogP contribution in [0.2, 0.25) is 0 Å². The lowest BCUT2D eigenvalue weighted by molar-refractivity contribution is 0.102. The molecule has 7 heteroatoms. The van der Waals surface area contributed by atoms with Crippen molar-refractivity contribution in [2.75, 3.05) is 24.9 Å². The number of ether oxygens (including phenoxy) is 2. The second-order valence-electron chi connectivity index (χ2n) is 6.20. The topological polar surface area (TPSA) is 85.4 Å². The smallest absolute Gasteiger partial charge is 0.276 e. The Morgan fingerprint density at radius 2 is 1.79 bits per heavy atom. The van der Waals surface area contributed by atoms with Gasteiger partial charge in [0.15, 0.2) is 5.69 Å². The van der Waals surface area contributed by atoms with Gasteiger partial charge >= 0.3 is 0 Å². The first-order valence-electron chi connectivity index (χ1n) is 7.47. The van der Waals surface area contributed by atoms with Crippen LogP contribution in [0.4, 0.5) is 11.5 Å². The van der Waals surface area contributed by atoms with Gasteiger partial charge in [-0.3, -0.25) is 4.79 Å². The highest BCUT2D eigenvalue weighted by molar-refractivity contribution is 6.03. The predicted molar refractivity (Wildman–Crippen MR) is 92.9 cm³/mol. The molecule has 0 aliphatic carbocycles. The van der Waals surface area contributed by atoms with Crippen LogP contribution in [0.25, 0.3) is 0 Å². The van der Waals surface area contributed by atoms with E-state index in [0.717, 1.165) is 0 Å². The van der Waals surface area contributed by atoms with E-state index < -0.39 is 0 Å². The summed E-state index contributed by atoms with van der Waals surface area (Å²) in [5.74, 6) is 1.37. The van der Waals surface area contributed by atoms with Crippen molar-refractivity contribution in [3.63, 3.8) is 0 Å². The van der Waals surface area contributed by atoms with Gasteiger partial charge in [-0.1, -0.05) is 0 Å². The van der Waals surface area contributed by atoms with E-state index in [-0.39, 0.29) is 17.1 Å². The summed E-state index contributed by atoms with van der Waals surface area (Å²) >= 11 is 0. The molecule has 128 valence electrons. The minimum Gasteiger partial charge on any atom is -0.497 e. The molecule has 7 nitrogen and oxygen atoms in total. The molecule has 0 unspecified atom stereocenters. The van der Waals surface area contributed by atoms with Gasteiger partial charge in [0.05, 0.1) is 19.9 Å². The van der Waals surface area contributed by atoms with Crippen molar-refractivity contribution >= 4 is 17.4 Å². The number of methoxy groups -OCH3 is 2. The Bertz CT molecular complexity index is 709. The minimum absolute atomic E-state index is 0.133. The Morgan fingerprint density at radius 3 is 2.33 bits per heavy atom. The van der Waals surface area contributed by atoms with Gasteiger partial charge in [-0.15, -0.1) is 10.2 Å². The number of nitrogens with one attached hydrogen (secondary N) is 2. The average molecular weight is 330 g/mol. The molecule has 1 heterocycles. The fourth-order valence-corrected chi connectivity index (χ4v) is 2.00. The molecule has 0 bridgehead atoms. The van der Waals surface area contributed by atoms with Crippen LogP contribution in [0.5, 0.6) is 11.5 Å². The van der Waals surface area contributed by atoms with Crippen LogP contribution in [0, 0.1) is 0 Å². The van der Waals surface area contributed by atoms with E-state index in [2.05, 4.69) is 20.8 Å². The van der Waals surface area contributed by atoms with Crippen molar-refractivity contribution in [2.45, 2.75) is 26.3 Å². The molecule has 2 N–H and O–H groups in total. The van der Waals surface area contributed by atoms with Gasteiger partial charge < -0.3 is 20.1 Å². The van der Waals surface area contributed by atoms with Crippen LogP contribution < -0.4 is 20.1 Å². The molecule has 0 spiro atoms. The summed E-state index contributed by atoms with van der Waals surface area (Å²) in [6.07, 6.45) is 0. The Labute approximate surface area is 141 Å². The number of amides is 1. The Hall–Kier alpha value is -2.83. The number of hydrogen-bond acceptors (Lipinski definition) is 6. The fourth-order valence-electron chi connectivity index (χ4n) is 2.00. The highest BCUT2D eigenvalue weighted by Gasteiger charge is 2.14. The molecule has 0 radical (unpaired) electrons. The van der Waals surface area contributed by atoms with Gasteiger partial charge in [0, 0.05) is 11.6 Å². The van der Waals surface area contributed by atoms with E-state index in [0.29, 0.717) is 23.0 Å². The summed E-state index contributed by atoms with van der Waals surface area (Å²) in [5, 5.41) is 13.9. The third kappa shape index (κ3) is 4.58. The van der Waals surface area contributed by atoms with Crippen molar-refractivity contribution in [3.05, 3.63) is 36.0 Å². The van der Waals surface area contributed by atoms with E-state index in [1.807, 2.05) is 20.8 Å². The van der Waals surface area contributed by atoms with Gasteiger partial charge in [-0.25, -0.2) is 0 Å². The van der Waals surface area contributed by atoms with Crippen LogP contribution in [-0.2, 0) is 0 Å². The summed E-state index contributed by atoms with van der Waals surface area (Å²) in [4.78, 5) is 12.3. The molecule has 0 saturated carbocycles. The first kappa shape index (κ1) is 17.5. The van der Waals surface area contributed by atoms with Gasteiger partial charge in [-0.2, -0.15) is 0 Å². The highest BCUT2D eigenvalue weighted by atomic mass is 16.5. The predicted octanol–water partition coefficient (Wildman–Crippen LogP) is 2.96. The molecule has 2 aromatic rings. The average Bonchev–Trinajstić information content (AvgIpc) is 2.53. The number of hydrogen-bond donors (Lipinski definition) is 2. The number of carbonyl (C=O) groups excluding carboxylic acids is 1. The Balaban J connectivity index is 2.15. The van der Waals surface area contributed by atoms with Crippen molar-refractivity contribution in [2.24, 2.45) is 0 Å². The van der Waals surface area contributed by atoms with E-state index in [1.54, 1.807) is 37.4 Å². The molecule has 0 fully saturated rings. The second kappa shape index (κ2) is 7.16. The quantitative estimate of drug-likeness (QED) is 0.877. The zero-order chi connectivity index (χ0) is 17.7. The number of rotatable bonds is 5. The number of anilines is 2. The third-order valence-electron chi connectivity index (χ3n) is 3.06. The Kier molecular flexibility index (Phi) is 5.23. The van der Waals surface area contributed by atoms with Crippen LogP contribution in [0.15, 0.2) is 30.3 Å². The maximum absolute atomic E-state index is 12.3. The van der Waals surface area contributed by atoms with Crippen LogP contribution in [-0.4, -0.2) is 35.9 Å². The summed E-state index contributed by atoms with van der Waals surface area (Å²) < 4.78 is 10.4. The number of benzene rings is 1. The molecule has 0 saturated heterocycles. The lowest BCUT2D eigenvalue weighted by atomic mass is 10.1. The molecule has 0 atom stereocenters. The molecule has 0 aliphatic heterocycles. The normalized spacial score (nSPS) is 10.9. The van der Waals surface area contributed by atoms with Crippen molar-refractivity contribution in [1.82, 2.24) is 10.2 Å². The molecular weight excluding hydrogens is 308 g/mol. The number of nitrogens with zero attached hydrogens (tertiary/aromatic N) is 2. The third-order valence-corrected chi connectivity index (χ3v) is 3.06. The largest absolute Gasteiger partial charge is 0.497 e. The lowest BCUT2D eigenvalue weighted by Crippen LogP contribution is -2.27. The standard InChI is InChI=1S/C17H22N4O3/c1-17(2,3)19-15-9-7-12(20-21-15)16(22)18-13-10-11(23-4)6-8-14(13)24-5/h6-10H,1-5H3,(H,18,22)(H,19,21). The van der Waals surface area contributed by atoms with Crippen molar-refractivity contribution < 1.29 is 14.3 Å². The molecule has 0 aliphatic rings. The number of aromatic nitrogens is 2. The highest BCUT2D eigenvalue weighted by Crippen LogP contribution is 2.29. The molecule has 1 aromatic heterocycles. The molecule has 1 amide bonds. The van der Waals surface area contributed by atoms with Crippen molar-refractivity contribution in [1.29, 1.82) is 0 Å². The van der Waals surface area contributed by atoms with Gasteiger partial charge in [0.2, 0.25) is 0 Å². The SMILES string of the molecule is COc1ccc(OC)c(NC(=O)c2ccc(NC(C)(C)C)nn2)c1. The van der Waals surface area contributed by atoms with Crippen LogP contribution in [0.3, 0.4) is 0 Å². The maximum atomic E-state index is 12.3. The molecular formula is C17H22N4O3. The number of carbonyl (C=O) groups is 1. The summed E-state index contributed by atoms with van der Waals surface area (Å²) in [7, 11) is 3.09. The summed E-state index contributed by atoms with van der Waals surface area (Å²) in [6, 6.07) is 8.48. The fraction of sp³-hybridized carbons (Fsp3) is 0.353. The molecule has 1 aromatic carbocycles. The van der Waals surface area contributed by atoms with E-state index in [9.17, 15) is 4.79 Å². The second-order valence-corrected chi connectivity index (χ2v) is 6.20. The zero-order valence-electron chi connectivity index (χ0n) is 14.5. The molecule has 24 heavy (non-hydrogen) atoms. The Morgan fingerprint density at radius 1 is 1.04 bits per heavy atom. The summed E-state index contributed by atoms with van der Waals surface area (Å²) in [6.45, 7) is 6.05. The monoisotopic (exact) mass is 330 g/mol. The summed E-state index contributed by atoms with van der Waals surface area (Å²) in [5.41, 5.74) is 0.576. The lowest BCUT2D eigenvalue weighted by Gasteiger charge is -2.20. The van der Waals surface area contributed by atoms with E-state index in [1.165, 1.54) is 7.11 Å². The van der Waals surface area contributed by atoms with Gasteiger partial charge in [0.1, 0.15) is 17.3 Å². The van der Waals surface area contributed by atoms with E-state index in [4.69, 9.17) is 9.47 Å². The van der Waals surface area contributed by atoms with E-state index >= 15 is 0 Å². The first-order chi connectivity index (χ1) is 11.3. The molecule has 2 rings (SSSR count). The van der Waals surface area contributed by atoms with Gasteiger partial charge in [-0.05, 0) is 45.0 Å². The zero-order valence-corrected chi connectivity index (χ0v) is 14.5. The van der Waals surface area contributed by atoms with Crippen LogP contribution in [0.1, 0.15) is 31.3 Å². The maximum Gasteiger partial charge on any atom is 0.276 e.